The standard InChI is InChI=1S/C20H17Cl2N3O2S2/c1-10(2)6-16-17(11-4-5-13(21)14(22)7-11)25-20(29-16)24-15-8-12(9-23)28-18(15)19(26)27-3/h4-5,7-8,10H,6H2,1-3H3,(H,24,25). The molecule has 0 radical (unpaired) electrons. The van der Waals surface area contributed by atoms with Gasteiger partial charge in [0.25, 0.3) is 0 Å². The SMILES string of the molecule is COC(=O)c1sc(C#N)cc1Nc1nc(-c2ccc(Cl)c(Cl)c2)c(CC(C)C)s1. The number of thiazole rings is 1. The van der Waals surface area contributed by atoms with E-state index < -0.39 is 5.97 Å². The van der Waals surface area contributed by atoms with Crippen LogP contribution in [0, 0.1) is 17.2 Å². The molecular formula is C20H17Cl2N3O2S2. The Balaban J connectivity index is 2.02. The molecule has 9 heteroatoms. The lowest BCUT2D eigenvalue weighted by Crippen LogP contribution is -2.01. The fourth-order valence-corrected chi connectivity index (χ4v) is 5.02. The van der Waals surface area contributed by atoms with Gasteiger partial charge in [0.15, 0.2) is 5.13 Å². The molecule has 0 aliphatic carbocycles. The molecule has 0 spiro atoms. The molecule has 150 valence electrons. The molecule has 0 aliphatic rings. The molecule has 3 aromatic rings. The molecular weight excluding hydrogens is 449 g/mol. The summed E-state index contributed by atoms with van der Waals surface area (Å²) in [6.07, 6.45) is 0.839. The number of esters is 1. The van der Waals surface area contributed by atoms with Gasteiger partial charge in [-0.15, -0.1) is 22.7 Å². The van der Waals surface area contributed by atoms with Crippen LogP contribution in [0.3, 0.4) is 0 Å². The number of thiophene rings is 1. The van der Waals surface area contributed by atoms with Crippen LogP contribution in [0.4, 0.5) is 10.8 Å². The van der Waals surface area contributed by atoms with Gasteiger partial charge in [-0.2, -0.15) is 5.26 Å². The molecule has 0 aliphatic heterocycles. The number of methoxy groups -OCH3 is 1. The number of anilines is 2. The summed E-state index contributed by atoms with van der Waals surface area (Å²) in [6, 6.07) is 9.11. The van der Waals surface area contributed by atoms with Crippen molar-refractivity contribution in [2.75, 3.05) is 12.4 Å². The highest BCUT2D eigenvalue weighted by molar-refractivity contribution is 7.16. The predicted octanol–water partition coefficient (Wildman–Crippen LogP) is 6.78. The summed E-state index contributed by atoms with van der Waals surface area (Å²) >= 11 is 14.8. The van der Waals surface area contributed by atoms with E-state index in [0.29, 0.717) is 36.5 Å². The van der Waals surface area contributed by atoms with Crippen LogP contribution in [0.15, 0.2) is 24.3 Å². The number of aromatic nitrogens is 1. The van der Waals surface area contributed by atoms with E-state index in [1.807, 2.05) is 6.07 Å². The number of carbonyl (C=O) groups excluding carboxylic acids is 1. The number of hydrogen-bond donors (Lipinski definition) is 1. The van der Waals surface area contributed by atoms with E-state index in [-0.39, 0.29) is 0 Å². The molecule has 1 aromatic carbocycles. The Morgan fingerprint density at radius 2 is 2.03 bits per heavy atom. The van der Waals surface area contributed by atoms with Crippen molar-refractivity contribution >= 4 is 62.7 Å². The quantitative estimate of drug-likeness (QED) is 0.406. The number of benzene rings is 1. The Kier molecular flexibility index (Phi) is 6.81. The van der Waals surface area contributed by atoms with Crippen molar-refractivity contribution < 1.29 is 9.53 Å². The lowest BCUT2D eigenvalue weighted by molar-refractivity contribution is 0.0607. The zero-order valence-electron chi connectivity index (χ0n) is 15.9. The average molecular weight is 466 g/mol. The minimum absolute atomic E-state index is 0.334. The summed E-state index contributed by atoms with van der Waals surface area (Å²) in [6.45, 7) is 4.28. The molecule has 2 heterocycles. The van der Waals surface area contributed by atoms with Gasteiger partial charge in [0.2, 0.25) is 0 Å². The van der Waals surface area contributed by atoms with E-state index in [4.69, 9.17) is 32.9 Å². The van der Waals surface area contributed by atoms with Gasteiger partial charge in [0, 0.05) is 10.4 Å². The monoisotopic (exact) mass is 465 g/mol. The topological polar surface area (TPSA) is 75.0 Å². The van der Waals surface area contributed by atoms with Gasteiger partial charge in [0.05, 0.1) is 28.5 Å². The third-order valence-corrected chi connectivity index (χ3v) is 6.69. The van der Waals surface area contributed by atoms with Crippen LogP contribution in [0.25, 0.3) is 11.3 Å². The Labute approximate surface area is 186 Å². The molecule has 2 aromatic heterocycles. The Morgan fingerprint density at radius 3 is 2.66 bits per heavy atom. The maximum atomic E-state index is 12.1. The molecule has 0 atom stereocenters. The summed E-state index contributed by atoms with van der Waals surface area (Å²) in [7, 11) is 1.31. The van der Waals surface area contributed by atoms with E-state index in [1.165, 1.54) is 18.4 Å². The second-order valence-corrected chi connectivity index (χ2v) is 9.55. The van der Waals surface area contributed by atoms with Crippen LogP contribution in [-0.4, -0.2) is 18.1 Å². The molecule has 0 amide bonds. The molecule has 0 unspecified atom stereocenters. The highest BCUT2D eigenvalue weighted by Crippen LogP contribution is 2.38. The largest absolute Gasteiger partial charge is 0.465 e. The van der Waals surface area contributed by atoms with Crippen molar-refractivity contribution in [1.29, 1.82) is 5.26 Å². The van der Waals surface area contributed by atoms with E-state index in [1.54, 1.807) is 18.2 Å². The molecule has 0 saturated heterocycles. The van der Waals surface area contributed by atoms with Gasteiger partial charge in [-0.1, -0.05) is 43.1 Å². The van der Waals surface area contributed by atoms with Crippen molar-refractivity contribution in [3.63, 3.8) is 0 Å². The van der Waals surface area contributed by atoms with Gasteiger partial charge in [0.1, 0.15) is 15.8 Å². The number of ether oxygens (including phenoxy) is 1. The van der Waals surface area contributed by atoms with Gasteiger partial charge in [-0.25, -0.2) is 9.78 Å². The fraction of sp³-hybridized carbons (Fsp3) is 0.250. The summed E-state index contributed by atoms with van der Waals surface area (Å²) < 4.78 is 4.83. The van der Waals surface area contributed by atoms with Gasteiger partial charge in [-0.3, -0.25) is 0 Å². The number of nitriles is 1. The third-order valence-electron chi connectivity index (χ3n) is 3.94. The van der Waals surface area contributed by atoms with Crippen molar-refractivity contribution in [1.82, 2.24) is 4.98 Å². The summed E-state index contributed by atoms with van der Waals surface area (Å²) in [4.78, 5) is 18.6. The average Bonchev–Trinajstić information content (AvgIpc) is 3.27. The van der Waals surface area contributed by atoms with Gasteiger partial charge < -0.3 is 10.1 Å². The number of rotatable bonds is 6. The van der Waals surface area contributed by atoms with Crippen LogP contribution >= 0.6 is 45.9 Å². The Bertz CT molecular complexity index is 1100. The van der Waals surface area contributed by atoms with E-state index in [0.717, 1.165) is 33.9 Å². The number of nitrogens with zero attached hydrogens (tertiary/aromatic N) is 2. The van der Waals surface area contributed by atoms with Crippen molar-refractivity contribution in [2.24, 2.45) is 5.92 Å². The van der Waals surface area contributed by atoms with Crippen molar-refractivity contribution in [2.45, 2.75) is 20.3 Å². The first-order valence-corrected chi connectivity index (χ1v) is 11.1. The predicted molar refractivity (Wildman–Crippen MR) is 120 cm³/mol. The number of halogens is 2. The zero-order chi connectivity index (χ0) is 21.1. The normalized spacial score (nSPS) is 10.8. The number of nitrogens with one attached hydrogen (secondary N) is 1. The fourth-order valence-electron chi connectivity index (χ4n) is 2.68. The number of hydrogen-bond acceptors (Lipinski definition) is 7. The summed E-state index contributed by atoms with van der Waals surface area (Å²) in [5, 5.41) is 13.9. The highest BCUT2D eigenvalue weighted by Gasteiger charge is 2.20. The lowest BCUT2D eigenvalue weighted by atomic mass is 10.0. The van der Waals surface area contributed by atoms with E-state index in [9.17, 15) is 10.1 Å². The first-order valence-electron chi connectivity index (χ1n) is 8.66. The molecule has 3 rings (SSSR count). The van der Waals surface area contributed by atoms with Crippen molar-refractivity contribution in [3.8, 4) is 17.3 Å². The van der Waals surface area contributed by atoms with Gasteiger partial charge in [-0.05, 0) is 30.5 Å². The maximum Gasteiger partial charge on any atom is 0.350 e. The third kappa shape index (κ3) is 4.90. The molecule has 0 bridgehead atoms. The van der Waals surface area contributed by atoms with Crippen LogP contribution in [0.2, 0.25) is 10.0 Å². The van der Waals surface area contributed by atoms with Crippen LogP contribution in [0.5, 0.6) is 0 Å². The minimum atomic E-state index is -0.498. The molecule has 29 heavy (non-hydrogen) atoms. The van der Waals surface area contributed by atoms with Crippen LogP contribution < -0.4 is 5.32 Å². The van der Waals surface area contributed by atoms with E-state index in [2.05, 4.69) is 25.2 Å². The maximum absolute atomic E-state index is 12.1. The second-order valence-electron chi connectivity index (χ2n) is 6.60. The zero-order valence-corrected chi connectivity index (χ0v) is 19.0. The Morgan fingerprint density at radius 1 is 1.28 bits per heavy atom. The number of carbonyl (C=O) groups is 1. The molecule has 0 saturated carbocycles. The highest BCUT2D eigenvalue weighted by atomic mass is 35.5. The summed E-state index contributed by atoms with van der Waals surface area (Å²) in [5.74, 6) is -0.0653. The van der Waals surface area contributed by atoms with E-state index >= 15 is 0 Å². The molecule has 5 nitrogen and oxygen atoms in total. The minimum Gasteiger partial charge on any atom is -0.465 e. The van der Waals surface area contributed by atoms with Crippen LogP contribution in [0.1, 0.15) is 33.3 Å². The lowest BCUT2D eigenvalue weighted by Gasteiger charge is -2.06. The summed E-state index contributed by atoms with van der Waals surface area (Å²) in [5.41, 5.74) is 2.19. The molecule has 1 N–H and O–H groups in total. The Hall–Kier alpha value is -2.11. The molecule has 0 fully saturated rings. The second kappa shape index (κ2) is 9.14. The van der Waals surface area contributed by atoms with Crippen molar-refractivity contribution in [3.05, 3.63) is 48.9 Å². The first-order chi connectivity index (χ1) is 13.8. The van der Waals surface area contributed by atoms with Crippen LogP contribution in [-0.2, 0) is 11.2 Å². The van der Waals surface area contributed by atoms with Gasteiger partial charge >= 0.3 is 5.97 Å². The smallest absolute Gasteiger partial charge is 0.350 e. The first kappa shape index (κ1) is 21.6.